The quantitative estimate of drug-likeness (QED) is 0.641. The molecule has 0 radical (unpaired) electrons. The second-order valence-electron chi connectivity index (χ2n) is 6.39. The Kier molecular flexibility index (Phi) is 7.86. The molecule has 1 atom stereocenters. The predicted molar refractivity (Wildman–Crippen MR) is 114 cm³/mol. The van der Waals surface area contributed by atoms with E-state index >= 15 is 0 Å². The summed E-state index contributed by atoms with van der Waals surface area (Å²) in [7, 11) is -3.80. The predicted octanol–water partition coefficient (Wildman–Crippen LogP) is 3.88. The van der Waals surface area contributed by atoms with E-state index in [4.69, 9.17) is 11.6 Å². The molecule has 6 nitrogen and oxygen atoms in total. The molecule has 1 amide bonds. The fourth-order valence-electron chi connectivity index (χ4n) is 2.58. The first-order valence-corrected chi connectivity index (χ1v) is 11.0. The molecule has 2 aromatic carbocycles. The molecule has 0 heterocycles. The molecule has 0 spiro atoms. The first-order chi connectivity index (χ1) is 13.3. The fraction of sp³-hybridized carbons (Fsp3) is 0.350. The van der Waals surface area contributed by atoms with Crippen LogP contribution in [0.25, 0.3) is 0 Å². The number of rotatable bonds is 9. The van der Waals surface area contributed by atoms with Gasteiger partial charge in [-0.15, -0.1) is 0 Å². The highest BCUT2D eigenvalue weighted by atomic mass is 35.5. The van der Waals surface area contributed by atoms with Crippen molar-refractivity contribution in [2.24, 2.45) is 0 Å². The van der Waals surface area contributed by atoms with Gasteiger partial charge in [-0.05, 0) is 50.6 Å². The molecular formula is C20H26ClN3O3S. The third-order valence-electron chi connectivity index (χ3n) is 4.35. The Bertz CT molecular complexity index is 904. The molecular weight excluding hydrogens is 398 g/mol. The van der Waals surface area contributed by atoms with Gasteiger partial charge in [0.05, 0.1) is 27.8 Å². The zero-order valence-corrected chi connectivity index (χ0v) is 17.8. The minimum Gasteiger partial charge on any atom is -0.324 e. The van der Waals surface area contributed by atoms with Crippen LogP contribution in [-0.4, -0.2) is 33.5 Å². The van der Waals surface area contributed by atoms with Crippen molar-refractivity contribution in [2.45, 2.75) is 38.1 Å². The summed E-state index contributed by atoms with van der Waals surface area (Å²) in [5, 5.41) is 6.04. The summed E-state index contributed by atoms with van der Waals surface area (Å²) >= 11 is 6.17. The van der Waals surface area contributed by atoms with Crippen LogP contribution in [-0.2, 0) is 14.8 Å². The number of para-hydroxylation sites is 1. The van der Waals surface area contributed by atoms with Crippen LogP contribution in [0, 0.1) is 0 Å². The van der Waals surface area contributed by atoms with Crippen LogP contribution in [0.2, 0.25) is 5.02 Å². The Balaban J connectivity index is 2.26. The molecule has 2 N–H and O–H groups in total. The number of carbonyl (C=O) groups is 1. The molecule has 8 heteroatoms. The van der Waals surface area contributed by atoms with Crippen molar-refractivity contribution in [1.82, 2.24) is 5.32 Å². The number of halogens is 1. The molecule has 0 aromatic heterocycles. The molecule has 0 saturated carbocycles. The Morgan fingerprint density at radius 3 is 2.43 bits per heavy atom. The van der Waals surface area contributed by atoms with Crippen molar-refractivity contribution in [3.05, 3.63) is 53.6 Å². The maximum atomic E-state index is 13.1. The first kappa shape index (κ1) is 22.2. The summed E-state index contributed by atoms with van der Waals surface area (Å²) in [5.74, 6) is -0.285. The minimum absolute atomic E-state index is 0.0628. The van der Waals surface area contributed by atoms with Crippen LogP contribution in [0.3, 0.4) is 0 Å². The summed E-state index contributed by atoms with van der Waals surface area (Å²) in [4.78, 5) is 12.2. The van der Waals surface area contributed by atoms with Gasteiger partial charge in [0.2, 0.25) is 5.91 Å². The van der Waals surface area contributed by atoms with Gasteiger partial charge in [-0.25, -0.2) is 8.42 Å². The molecule has 0 fully saturated rings. The number of carbonyl (C=O) groups excluding carboxylic acids is 1. The highest BCUT2D eigenvalue weighted by Gasteiger charge is 2.24. The maximum absolute atomic E-state index is 13.1. The van der Waals surface area contributed by atoms with Gasteiger partial charge < -0.3 is 10.6 Å². The lowest BCUT2D eigenvalue weighted by Gasteiger charge is -2.23. The van der Waals surface area contributed by atoms with Crippen LogP contribution in [0.1, 0.15) is 27.2 Å². The van der Waals surface area contributed by atoms with Gasteiger partial charge >= 0.3 is 0 Å². The smallest absolute Gasteiger partial charge is 0.264 e. The van der Waals surface area contributed by atoms with Gasteiger partial charge in [-0.3, -0.25) is 9.10 Å². The van der Waals surface area contributed by atoms with Gasteiger partial charge in [-0.2, -0.15) is 0 Å². The van der Waals surface area contributed by atoms with Crippen molar-refractivity contribution in [3.63, 3.8) is 0 Å². The average Bonchev–Trinajstić information content (AvgIpc) is 2.68. The second kappa shape index (κ2) is 9.91. The van der Waals surface area contributed by atoms with E-state index in [0.29, 0.717) is 5.69 Å². The highest BCUT2D eigenvalue weighted by molar-refractivity contribution is 7.92. The standard InChI is InChI=1S/C20H26ClN3O3S/c1-4-15(3)22-14-20(25)23-19-13-17(11-12-18(19)21)28(26,27)24(5-2)16-9-7-6-8-10-16/h6-13,15,22H,4-5,14H2,1-3H3,(H,23,25). The normalized spacial score (nSPS) is 12.4. The number of hydrogen-bond donors (Lipinski definition) is 2. The highest BCUT2D eigenvalue weighted by Crippen LogP contribution is 2.29. The largest absolute Gasteiger partial charge is 0.324 e. The number of amides is 1. The van der Waals surface area contributed by atoms with E-state index in [9.17, 15) is 13.2 Å². The van der Waals surface area contributed by atoms with Gasteiger partial charge in [-0.1, -0.05) is 36.7 Å². The third kappa shape index (κ3) is 5.47. The van der Waals surface area contributed by atoms with Gasteiger partial charge in [0.15, 0.2) is 0 Å². The Morgan fingerprint density at radius 2 is 1.82 bits per heavy atom. The van der Waals surface area contributed by atoms with Crippen LogP contribution in [0.15, 0.2) is 53.4 Å². The van der Waals surface area contributed by atoms with Gasteiger partial charge in [0.1, 0.15) is 0 Å². The molecule has 0 aliphatic heterocycles. The minimum atomic E-state index is -3.80. The van der Waals surface area contributed by atoms with Gasteiger partial charge in [0, 0.05) is 12.6 Å². The molecule has 0 saturated heterocycles. The number of nitrogens with one attached hydrogen (secondary N) is 2. The average molecular weight is 424 g/mol. The summed E-state index contributed by atoms with van der Waals surface area (Å²) in [6.45, 7) is 6.16. The summed E-state index contributed by atoms with van der Waals surface area (Å²) in [6, 6.07) is 13.4. The Labute approximate surface area is 171 Å². The van der Waals surface area contributed by atoms with Crippen molar-refractivity contribution in [1.29, 1.82) is 0 Å². The van der Waals surface area contributed by atoms with Crippen LogP contribution >= 0.6 is 11.6 Å². The zero-order chi connectivity index (χ0) is 20.7. The number of nitrogens with zero attached hydrogens (tertiary/aromatic N) is 1. The maximum Gasteiger partial charge on any atom is 0.264 e. The van der Waals surface area contributed by atoms with Gasteiger partial charge in [0.25, 0.3) is 10.0 Å². The van der Waals surface area contributed by atoms with Crippen LogP contribution in [0.4, 0.5) is 11.4 Å². The number of benzene rings is 2. The second-order valence-corrected chi connectivity index (χ2v) is 8.65. The SMILES string of the molecule is CCC(C)NCC(=O)Nc1cc(S(=O)(=O)N(CC)c2ccccc2)ccc1Cl. The van der Waals surface area contributed by atoms with E-state index in [1.165, 1.54) is 22.5 Å². The van der Waals surface area contributed by atoms with E-state index in [1.54, 1.807) is 31.2 Å². The lowest BCUT2D eigenvalue weighted by molar-refractivity contribution is -0.115. The van der Waals surface area contributed by atoms with E-state index in [-0.39, 0.29) is 40.6 Å². The molecule has 1 unspecified atom stereocenters. The van der Waals surface area contributed by atoms with Crippen LogP contribution in [0.5, 0.6) is 0 Å². The molecule has 2 aromatic rings. The molecule has 2 rings (SSSR count). The number of anilines is 2. The van der Waals surface area contributed by atoms with E-state index in [1.807, 2.05) is 19.9 Å². The zero-order valence-electron chi connectivity index (χ0n) is 16.3. The topological polar surface area (TPSA) is 78.5 Å². The van der Waals surface area contributed by atoms with E-state index < -0.39 is 10.0 Å². The molecule has 28 heavy (non-hydrogen) atoms. The lowest BCUT2D eigenvalue weighted by atomic mass is 10.2. The number of sulfonamides is 1. The third-order valence-corrected chi connectivity index (χ3v) is 6.58. The van der Waals surface area contributed by atoms with E-state index in [2.05, 4.69) is 10.6 Å². The Hall–Kier alpha value is -2.09. The van der Waals surface area contributed by atoms with Crippen LogP contribution < -0.4 is 14.9 Å². The summed E-state index contributed by atoms with van der Waals surface area (Å²) < 4.78 is 27.6. The molecule has 0 aliphatic rings. The molecule has 0 bridgehead atoms. The molecule has 152 valence electrons. The Morgan fingerprint density at radius 1 is 1.14 bits per heavy atom. The van der Waals surface area contributed by atoms with Crippen molar-refractivity contribution in [3.8, 4) is 0 Å². The van der Waals surface area contributed by atoms with Crippen molar-refractivity contribution in [2.75, 3.05) is 22.7 Å². The van der Waals surface area contributed by atoms with Crippen molar-refractivity contribution < 1.29 is 13.2 Å². The molecule has 0 aliphatic carbocycles. The fourth-order valence-corrected chi connectivity index (χ4v) is 4.24. The van der Waals surface area contributed by atoms with Crippen molar-refractivity contribution >= 4 is 38.9 Å². The lowest BCUT2D eigenvalue weighted by Crippen LogP contribution is -2.34. The monoisotopic (exact) mass is 423 g/mol. The van der Waals surface area contributed by atoms with E-state index in [0.717, 1.165) is 6.42 Å². The summed E-state index contributed by atoms with van der Waals surface area (Å²) in [6.07, 6.45) is 0.897. The number of hydrogen-bond acceptors (Lipinski definition) is 4. The summed E-state index contributed by atoms with van der Waals surface area (Å²) in [5.41, 5.74) is 0.839. The first-order valence-electron chi connectivity index (χ1n) is 9.20.